The highest BCUT2D eigenvalue weighted by atomic mass is 16.2. The van der Waals surface area contributed by atoms with Crippen LogP contribution in [0, 0.1) is 0 Å². The highest BCUT2D eigenvalue weighted by Gasteiger charge is 2.25. The Morgan fingerprint density at radius 2 is 1.96 bits per heavy atom. The number of piperazine rings is 1. The van der Waals surface area contributed by atoms with Gasteiger partial charge in [-0.15, -0.1) is 0 Å². The van der Waals surface area contributed by atoms with E-state index in [1.54, 1.807) is 18.5 Å². The first kappa shape index (κ1) is 16.0. The number of amides is 1. The molecule has 2 fully saturated rings. The second-order valence-corrected chi connectivity index (χ2v) is 6.51. The Bertz CT molecular complexity index is 703. The summed E-state index contributed by atoms with van der Waals surface area (Å²) in [5.74, 6) is 0.736. The van der Waals surface area contributed by atoms with Crippen molar-refractivity contribution in [1.82, 2.24) is 30.0 Å². The Labute approximate surface area is 146 Å². The number of carbonyl (C=O) groups is 1. The maximum Gasteiger partial charge on any atom is 0.274 e. The van der Waals surface area contributed by atoms with E-state index in [0.717, 1.165) is 45.0 Å². The summed E-state index contributed by atoms with van der Waals surface area (Å²) in [6.45, 7) is 4.79. The van der Waals surface area contributed by atoms with Crippen molar-refractivity contribution in [3.8, 4) is 0 Å². The van der Waals surface area contributed by atoms with E-state index in [4.69, 9.17) is 0 Å². The summed E-state index contributed by atoms with van der Waals surface area (Å²) < 4.78 is 1.94. The van der Waals surface area contributed by atoms with Crippen molar-refractivity contribution in [2.24, 2.45) is 0 Å². The molecule has 2 aromatic rings. The molecule has 1 atom stereocenters. The van der Waals surface area contributed by atoms with Crippen LogP contribution in [0.5, 0.6) is 0 Å². The molecule has 8 heteroatoms. The van der Waals surface area contributed by atoms with Crippen molar-refractivity contribution in [1.29, 1.82) is 0 Å². The molecule has 0 saturated carbocycles. The lowest BCUT2D eigenvalue weighted by Gasteiger charge is -2.34. The largest absolute Gasteiger partial charge is 0.337 e. The van der Waals surface area contributed by atoms with E-state index in [0.29, 0.717) is 24.8 Å². The zero-order valence-electron chi connectivity index (χ0n) is 14.2. The topological polar surface area (TPSA) is 79.2 Å². The summed E-state index contributed by atoms with van der Waals surface area (Å²) in [5.41, 5.74) is 0.537. The Morgan fingerprint density at radius 3 is 2.68 bits per heavy atom. The van der Waals surface area contributed by atoms with Gasteiger partial charge in [0.25, 0.3) is 5.91 Å². The van der Waals surface area contributed by atoms with E-state index in [1.165, 1.54) is 0 Å². The summed E-state index contributed by atoms with van der Waals surface area (Å²) >= 11 is 0. The molecule has 8 nitrogen and oxygen atoms in total. The third-order valence-corrected chi connectivity index (χ3v) is 4.87. The van der Waals surface area contributed by atoms with Crippen LogP contribution in [0.3, 0.4) is 0 Å². The zero-order valence-corrected chi connectivity index (χ0v) is 14.2. The lowest BCUT2D eigenvalue weighted by molar-refractivity contribution is 0.0739. The van der Waals surface area contributed by atoms with Gasteiger partial charge in [-0.2, -0.15) is 5.10 Å². The van der Waals surface area contributed by atoms with Gasteiger partial charge in [0.05, 0.1) is 6.04 Å². The molecule has 2 saturated heterocycles. The van der Waals surface area contributed by atoms with Crippen LogP contribution in [0.15, 0.2) is 30.7 Å². The van der Waals surface area contributed by atoms with E-state index >= 15 is 0 Å². The molecular formula is C17H23N7O. The first-order chi connectivity index (χ1) is 12.3. The lowest BCUT2D eigenvalue weighted by Crippen LogP contribution is -2.49. The van der Waals surface area contributed by atoms with Crippen LogP contribution in [-0.4, -0.2) is 69.8 Å². The lowest BCUT2D eigenvalue weighted by atomic mass is 10.1. The minimum absolute atomic E-state index is 0.0103. The van der Waals surface area contributed by atoms with Crippen LogP contribution in [0.4, 0.5) is 5.95 Å². The molecule has 4 rings (SSSR count). The van der Waals surface area contributed by atoms with E-state index in [1.807, 2.05) is 21.8 Å². The number of aromatic nitrogens is 4. The summed E-state index contributed by atoms with van der Waals surface area (Å²) in [6, 6.07) is 3.99. The van der Waals surface area contributed by atoms with Crippen molar-refractivity contribution in [2.75, 3.05) is 44.2 Å². The highest BCUT2D eigenvalue weighted by molar-refractivity contribution is 5.92. The molecule has 0 aromatic carbocycles. The van der Waals surface area contributed by atoms with Crippen LogP contribution in [0.2, 0.25) is 0 Å². The highest BCUT2D eigenvalue weighted by Crippen LogP contribution is 2.17. The van der Waals surface area contributed by atoms with Crippen molar-refractivity contribution >= 4 is 11.9 Å². The van der Waals surface area contributed by atoms with Gasteiger partial charge in [0.2, 0.25) is 5.95 Å². The van der Waals surface area contributed by atoms with E-state index in [2.05, 4.69) is 25.3 Å². The monoisotopic (exact) mass is 341 g/mol. The third kappa shape index (κ3) is 3.48. The van der Waals surface area contributed by atoms with E-state index in [-0.39, 0.29) is 5.91 Å². The molecule has 2 aromatic heterocycles. The molecule has 25 heavy (non-hydrogen) atoms. The Hall–Kier alpha value is -2.48. The predicted molar refractivity (Wildman–Crippen MR) is 93.5 cm³/mol. The van der Waals surface area contributed by atoms with Gasteiger partial charge in [0, 0.05) is 51.3 Å². The average molecular weight is 341 g/mol. The first-order valence-electron chi connectivity index (χ1n) is 8.88. The summed E-state index contributed by atoms with van der Waals surface area (Å²) in [4.78, 5) is 25.2. The Balaban J connectivity index is 1.37. The van der Waals surface area contributed by atoms with Gasteiger partial charge in [0.15, 0.2) is 0 Å². The first-order valence-corrected chi connectivity index (χ1v) is 8.88. The minimum Gasteiger partial charge on any atom is -0.337 e. The predicted octanol–water partition coefficient (Wildman–Crippen LogP) is 0.560. The Morgan fingerprint density at radius 1 is 1.16 bits per heavy atom. The number of hydrogen-bond donors (Lipinski definition) is 1. The van der Waals surface area contributed by atoms with Crippen molar-refractivity contribution < 1.29 is 4.79 Å². The second-order valence-electron chi connectivity index (χ2n) is 6.51. The van der Waals surface area contributed by atoms with Gasteiger partial charge in [-0.05, 0) is 31.5 Å². The molecule has 0 radical (unpaired) electrons. The van der Waals surface area contributed by atoms with Crippen molar-refractivity contribution in [2.45, 2.75) is 18.9 Å². The standard InChI is InChI=1S/C17H23N7O/c25-16(15-4-8-24(21-15)14-3-1-5-18-13-14)22-9-11-23(12-10-22)17-19-6-2-7-20-17/h2,4,6-8,14,18H,1,3,5,9-13H2. The van der Waals surface area contributed by atoms with Crippen LogP contribution in [-0.2, 0) is 0 Å². The van der Waals surface area contributed by atoms with Crippen molar-refractivity contribution in [3.05, 3.63) is 36.4 Å². The van der Waals surface area contributed by atoms with Gasteiger partial charge >= 0.3 is 0 Å². The van der Waals surface area contributed by atoms with Crippen LogP contribution < -0.4 is 10.2 Å². The fraction of sp³-hybridized carbons (Fsp3) is 0.529. The van der Waals surface area contributed by atoms with Crippen molar-refractivity contribution in [3.63, 3.8) is 0 Å². The van der Waals surface area contributed by atoms with E-state index in [9.17, 15) is 4.79 Å². The number of nitrogens with zero attached hydrogens (tertiary/aromatic N) is 6. The molecule has 0 spiro atoms. The number of anilines is 1. The smallest absolute Gasteiger partial charge is 0.274 e. The zero-order chi connectivity index (χ0) is 17.1. The number of carbonyl (C=O) groups excluding carboxylic acids is 1. The van der Waals surface area contributed by atoms with Gasteiger partial charge in [0.1, 0.15) is 5.69 Å². The molecule has 1 unspecified atom stereocenters. The third-order valence-electron chi connectivity index (χ3n) is 4.87. The average Bonchev–Trinajstić information content (AvgIpc) is 3.19. The van der Waals surface area contributed by atoms with Gasteiger partial charge in [-0.25, -0.2) is 9.97 Å². The van der Waals surface area contributed by atoms with Crippen LogP contribution in [0.25, 0.3) is 0 Å². The normalized spacial score (nSPS) is 21.4. The molecule has 2 aliphatic heterocycles. The quantitative estimate of drug-likeness (QED) is 0.879. The SMILES string of the molecule is O=C(c1ccn(C2CCCNC2)n1)N1CCN(c2ncccn2)CC1. The minimum atomic E-state index is 0.0103. The number of rotatable bonds is 3. The fourth-order valence-electron chi connectivity index (χ4n) is 3.44. The van der Waals surface area contributed by atoms with Gasteiger partial charge in [-0.1, -0.05) is 0 Å². The molecule has 0 aliphatic carbocycles. The fourth-order valence-corrected chi connectivity index (χ4v) is 3.44. The molecule has 132 valence electrons. The van der Waals surface area contributed by atoms with Crippen LogP contribution in [0.1, 0.15) is 29.4 Å². The molecule has 0 bridgehead atoms. The Kier molecular flexibility index (Phi) is 4.60. The summed E-state index contributed by atoms with van der Waals surface area (Å²) in [7, 11) is 0. The molecule has 1 amide bonds. The van der Waals surface area contributed by atoms with E-state index < -0.39 is 0 Å². The number of nitrogens with one attached hydrogen (secondary N) is 1. The van der Waals surface area contributed by atoms with Crippen LogP contribution >= 0.6 is 0 Å². The summed E-state index contributed by atoms with van der Waals surface area (Å²) in [5, 5.41) is 7.92. The molecule has 4 heterocycles. The van der Waals surface area contributed by atoms with Gasteiger partial charge < -0.3 is 15.1 Å². The molecule has 1 N–H and O–H groups in total. The molecule has 2 aliphatic rings. The maximum atomic E-state index is 12.7. The maximum absolute atomic E-state index is 12.7. The number of piperidine rings is 1. The summed E-state index contributed by atoms with van der Waals surface area (Å²) in [6.07, 6.45) is 7.67. The van der Waals surface area contributed by atoms with Gasteiger partial charge in [-0.3, -0.25) is 9.48 Å². The molecular weight excluding hydrogens is 318 g/mol. The number of hydrogen-bond acceptors (Lipinski definition) is 6. The second kappa shape index (κ2) is 7.18.